The second kappa shape index (κ2) is 7.72. The largest absolute Gasteiger partial charge is 0.411 e. The summed E-state index contributed by atoms with van der Waals surface area (Å²) >= 11 is 10.9. The van der Waals surface area contributed by atoms with Crippen LogP contribution in [0.4, 0.5) is 0 Å². The predicted octanol–water partition coefficient (Wildman–Crippen LogP) is 4.38. The van der Waals surface area contributed by atoms with E-state index in [0.29, 0.717) is 16.4 Å². The molecule has 1 aromatic heterocycles. The Morgan fingerprint density at radius 1 is 1.38 bits per heavy atom. The molecule has 0 bridgehead atoms. The summed E-state index contributed by atoms with van der Waals surface area (Å²) in [5, 5.41) is 16.9. The number of oxime groups is 1. The van der Waals surface area contributed by atoms with E-state index < -0.39 is 5.54 Å². The Hall–Kier alpha value is -1.31. The first-order valence-corrected chi connectivity index (χ1v) is 9.27. The van der Waals surface area contributed by atoms with Gasteiger partial charge in [0.25, 0.3) is 5.56 Å². The van der Waals surface area contributed by atoms with Gasteiger partial charge in [0, 0.05) is 15.8 Å². The second-order valence-corrected chi connectivity index (χ2v) is 8.36. The summed E-state index contributed by atoms with van der Waals surface area (Å²) in [6, 6.07) is 7.42. The summed E-state index contributed by atoms with van der Waals surface area (Å²) in [5.74, 6) is 0.360. The maximum atomic E-state index is 12.3. The number of benzene rings is 1. The van der Waals surface area contributed by atoms with E-state index in [1.807, 2.05) is 45.0 Å². The van der Waals surface area contributed by atoms with Crippen LogP contribution in [0, 0.1) is 0 Å². The summed E-state index contributed by atoms with van der Waals surface area (Å²) in [6.07, 6.45) is 1.57. The number of hydrogen-bond donors (Lipinski definition) is 1. The van der Waals surface area contributed by atoms with Crippen molar-refractivity contribution in [1.82, 2.24) is 9.78 Å². The molecular formula is C16H17BrClN3O2S. The molecule has 0 aliphatic carbocycles. The van der Waals surface area contributed by atoms with Crippen LogP contribution in [-0.4, -0.2) is 26.5 Å². The Labute approximate surface area is 157 Å². The lowest BCUT2D eigenvalue weighted by Crippen LogP contribution is -2.36. The van der Waals surface area contributed by atoms with Gasteiger partial charge >= 0.3 is 0 Å². The molecule has 0 aliphatic rings. The Kier molecular flexibility index (Phi) is 6.11. The van der Waals surface area contributed by atoms with Gasteiger partial charge in [-0.2, -0.15) is 5.10 Å². The molecule has 1 heterocycles. The molecule has 0 radical (unpaired) electrons. The lowest BCUT2D eigenvalue weighted by molar-refractivity contribution is 0.319. The van der Waals surface area contributed by atoms with Crippen LogP contribution in [0.15, 0.2) is 49.8 Å². The Bertz CT molecular complexity index is 814. The third-order valence-corrected chi connectivity index (χ3v) is 5.23. The molecule has 0 saturated heterocycles. The summed E-state index contributed by atoms with van der Waals surface area (Å²) in [6.45, 7) is 5.65. The quantitative estimate of drug-likeness (QED) is 0.338. The fraction of sp³-hybridized carbons (Fsp3) is 0.312. The third-order valence-electron chi connectivity index (χ3n) is 3.18. The standard InChI is InChI=1S/C16H17BrClN3O2S/c1-16(2,3)21-15(22)14(18)13(8-19-21)24-9-12(20-23)10-4-6-11(17)7-5-10/h4-8,23H,9H2,1-3H3/b20-12+. The van der Waals surface area contributed by atoms with Crippen molar-refractivity contribution < 1.29 is 5.21 Å². The average molecular weight is 431 g/mol. The van der Waals surface area contributed by atoms with Crippen molar-refractivity contribution >= 4 is 45.0 Å². The van der Waals surface area contributed by atoms with Gasteiger partial charge in [0.1, 0.15) is 5.02 Å². The van der Waals surface area contributed by atoms with Crippen LogP contribution in [0.5, 0.6) is 0 Å². The number of rotatable bonds is 4. The highest BCUT2D eigenvalue weighted by Gasteiger charge is 2.20. The van der Waals surface area contributed by atoms with E-state index in [2.05, 4.69) is 26.2 Å². The van der Waals surface area contributed by atoms with Gasteiger partial charge < -0.3 is 5.21 Å². The van der Waals surface area contributed by atoms with Gasteiger partial charge in [0.15, 0.2) is 0 Å². The Morgan fingerprint density at radius 2 is 2.00 bits per heavy atom. The fourth-order valence-corrected chi connectivity index (χ4v) is 3.36. The van der Waals surface area contributed by atoms with E-state index in [1.54, 1.807) is 6.20 Å². The van der Waals surface area contributed by atoms with E-state index >= 15 is 0 Å². The average Bonchev–Trinajstić information content (AvgIpc) is 2.52. The Balaban J connectivity index is 2.21. The van der Waals surface area contributed by atoms with Crippen molar-refractivity contribution in [3.63, 3.8) is 0 Å². The van der Waals surface area contributed by atoms with Crippen LogP contribution in [0.2, 0.25) is 5.02 Å². The van der Waals surface area contributed by atoms with Crippen molar-refractivity contribution in [1.29, 1.82) is 0 Å². The van der Waals surface area contributed by atoms with E-state index in [-0.39, 0.29) is 10.6 Å². The maximum Gasteiger partial charge on any atom is 0.287 e. The topological polar surface area (TPSA) is 67.5 Å². The van der Waals surface area contributed by atoms with Gasteiger partial charge in [-0.15, -0.1) is 11.8 Å². The molecule has 0 atom stereocenters. The highest BCUT2D eigenvalue weighted by Crippen LogP contribution is 2.25. The smallest absolute Gasteiger partial charge is 0.287 e. The zero-order valence-corrected chi connectivity index (χ0v) is 16.6. The van der Waals surface area contributed by atoms with Gasteiger partial charge in [-0.1, -0.05) is 44.8 Å². The van der Waals surface area contributed by atoms with Crippen LogP contribution in [0.25, 0.3) is 0 Å². The molecule has 0 amide bonds. The monoisotopic (exact) mass is 429 g/mol. The zero-order chi connectivity index (χ0) is 17.9. The maximum absolute atomic E-state index is 12.3. The van der Waals surface area contributed by atoms with Crippen LogP contribution >= 0.6 is 39.3 Å². The van der Waals surface area contributed by atoms with Crippen LogP contribution in [-0.2, 0) is 5.54 Å². The normalized spacial score (nSPS) is 12.5. The van der Waals surface area contributed by atoms with E-state index in [1.165, 1.54) is 16.4 Å². The molecule has 24 heavy (non-hydrogen) atoms. The minimum absolute atomic E-state index is 0.123. The molecule has 128 valence electrons. The van der Waals surface area contributed by atoms with Crippen LogP contribution in [0.1, 0.15) is 26.3 Å². The zero-order valence-electron chi connectivity index (χ0n) is 13.5. The lowest BCUT2D eigenvalue weighted by atomic mass is 10.1. The molecule has 0 saturated carbocycles. The predicted molar refractivity (Wildman–Crippen MR) is 102 cm³/mol. The van der Waals surface area contributed by atoms with E-state index in [9.17, 15) is 10.0 Å². The molecule has 2 aromatic rings. The Morgan fingerprint density at radius 3 is 2.54 bits per heavy atom. The minimum atomic E-state index is -0.445. The van der Waals surface area contributed by atoms with E-state index in [4.69, 9.17) is 11.6 Å². The fourth-order valence-electron chi connectivity index (χ4n) is 1.95. The van der Waals surface area contributed by atoms with Gasteiger partial charge in [0.2, 0.25) is 0 Å². The van der Waals surface area contributed by atoms with E-state index in [0.717, 1.165) is 10.0 Å². The first-order chi connectivity index (χ1) is 11.2. The van der Waals surface area contributed by atoms with Gasteiger partial charge in [0.05, 0.1) is 22.3 Å². The van der Waals surface area contributed by atoms with Gasteiger partial charge in [-0.3, -0.25) is 4.79 Å². The lowest BCUT2D eigenvalue weighted by Gasteiger charge is -2.21. The molecule has 2 rings (SSSR count). The number of thioether (sulfide) groups is 1. The van der Waals surface area contributed by atoms with Crippen molar-refractivity contribution in [3.05, 3.63) is 55.9 Å². The third kappa shape index (κ3) is 4.40. The SMILES string of the molecule is CC(C)(C)n1ncc(SC/C(=N\O)c2ccc(Br)cc2)c(Cl)c1=O. The molecule has 8 heteroatoms. The number of hydrogen-bond acceptors (Lipinski definition) is 5. The molecule has 1 aromatic carbocycles. The summed E-state index contributed by atoms with van der Waals surface area (Å²) < 4.78 is 2.30. The van der Waals surface area contributed by atoms with Crippen LogP contribution < -0.4 is 5.56 Å². The molecular weight excluding hydrogens is 414 g/mol. The first-order valence-electron chi connectivity index (χ1n) is 7.12. The van der Waals surface area contributed by atoms with Crippen molar-refractivity contribution in [2.24, 2.45) is 5.16 Å². The minimum Gasteiger partial charge on any atom is -0.411 e. The summed E-state index contributed by atoms with van der Waals surface area (Å²) in [5.41, 5.74) is 0.503. The van der Waals surface area contributed by atoms with Crippen molar-refractivity contribution in [2.75, 3.05) is 5.75 Å². The number of nitrogens with zero attached hydrogens (tertiary/aromatic N) is 3. The van der Waals surface area contributed by atoms with Gasteiger partial charge in [-0.25, -0.2) is 4.68 Å². The number of aromatic nitrogens is 2. The highest BCUT2D eigenvalue weighted by molar-refractivity contribution is 9.10. The summed E-state index contributed by atoms with van der Waals surface area (Å²) in [4.78, 5) is 12.9. The second-order valence-electron chi connectivity index (χ2n) is 6.05. The molecule has 0 fully saturated rings. The van der Waals surface area contributed by atoms with Crippen LogP contribution in [0.3, 0.4) is 0 Å². The molecule has 0 unspecified atom stereocenters. The summed E-state index contributed by atoms with van der Waals surface area (Å²) in [7, 11) is 0. The molecule has 0 aliphatic heterocycles. The first kappa shape index (κ1) is 19.0. The molecule has 1 N–H and O–H groups in total. The van der Waals surface area contributed by atoms with Gasteiger partial charge in [-0.05, 0) is 32.9 Å². The van der Waals surface area contributed by atoms with Crippen molar-refractivity contribution in [3.8, 4) is 0 Å². The number of halogens is 2. The van der Waals surface area contributed by atoms with Crippen molar-refractivity contribution in [2.45, 2.75) is 31.2 Å². The molecule has 5 nitrogen and oxygen atoms in total. The highest BCUT2D eigenvalue weighted by atomic mass is 79.9. The molecule has 0 spiro atoms.